The Morgan fingerprint density at radius 1 is 2.00 bits per heavy atom. The van der Waals surface area contributed by atoms with Crippen LogP contribution in [-0.2, 0) is 0 Å². The lowest BCUT2D eigenvalue weighted by molar-refractivity contribution is -0.459. The van der Waals surface area contributed by atoms with Crippen molar-refractivity contribution < 1.29 is 14.9 Å². The van der Waals surface area contributed by atoms with Gasteiger partial charge < -0.3 is 10.4 Å². The Kier molecular flexibility index (Phi) is 1.58. The number of primary amides is 1. The molecule has 0 aliphatic rings. The van der Waals surface area contributed by atoms with E-state index in [0.29, 0.717) is 0 Å². The van der Waals surface area contributed by atoms with E-state index in [4.69, 9.17) is 5.21 Å². The number of hydrogen-bond donors (Lipinski definition) is 2. The molecule has 0 unspecified atom stereocenters. The van der Waals surface area contributed by atoms with Gasteiger partial charge in [-0.15, -0.1) is 0 Å². The zero-order chi connectivity index (χ0) is 5.86. The van der Waals surface area contributed by atoms with Crippen molar-refractivity contribution in [1.82, 2.24) is 0 Å². The monoisotopic (exact) mass is 105 g/mol. The van der Waals surface area contributed by atoms with Gasteiger partial charge in [-0.05, 0) is 0 Å². The van der Waals surface area contributed by atoms with Gasteiger partial charge in [0.2, 0.25) is 0 Å². The molecule has 7 heavy (non-hydrogen) atoms. The summed E-state index contributed by atoms with van der Waals surface area (Å²) >= 11 is 0. The third-order valence-electron chi connectivity index (χ3n) is 0.270. The summed E-state index contributed by atoms with van der Waals surface area (Å²) in [7, 11) is 0. The topological polar surface area (TPSA) is 102 Å². The van der Waals surface area contributed by atoms with Crippen LogP contribution in [0.4, 0.5) is 4.79 Å². The molecule has 0 radical (unpaired) electrons. The number of carbonyl (C=O) groups excluding carboxylic acids is 1. The second-order valence-corrected chi connectivity index (χ2v) is 0.701. The van der Waals surface area contributed by atoms with Crippen molar-refractivity contribution >= 4 is 6.03 Å². The first-order valence-electron chi connectivity index (χ1n) is 1.30. The van der Waals surface area contributed by atoms with Crippen molar-refractivity contribution in [1.29, 1.82) is 0 Å². The summed E-state index contributed by atoms with van der Waals surface area (Å²) in [6.07, 6.45) is 0. The summed E-state index contributed by atoms with van der Waals surface area (Å²) in [5.74, 6) is 0. The molecular formula is CH3N3O3. The molecule has 3 N–H and O–H groups in total. The van der Waals surface area contributed by atoms with Gasteiger partial charge in [-0.25, -0.2) is 5.73 Å². The van der Waals surface area contributed by atoms with Crippen molar-refractivity contribution in [3.8, 4) is 0 Å². The first kappa shape index (κ1) is 5.67. The molecule has 0 atom stereocenters. The van der Waals surface area contributed by atoms with Crippen molar-refractivity contribution in [2.75, 3.05) is 0 Å². The Labute approximate surface area is 38.4 Å². The number of nitrogens with zero attached hydrogens (tertiary/aromatic N) is 2. The summed E-state index contributed by atoms with van der Waals surface area (Å²) in [6, 6.07) is -1.34. The number of nitrogens with two attached hydrogens (primary N) is 1. The van der Waals surface area contributed by atoms with Crippen LogP contribution >= 0.6 is 0 Å². The van der Waals surface area contributed by atoms with Crippen LogP contribution in [0, 0.1) is 5.21 Å². The van der Waals surface area contributed by atoms with E-state index in [9.17, 15) is 10.0 Å². The predicted molar refractivity (Wildman–Crippen MR) is 17.4 cm³/mol. The summed E-state index contributed by atoms with van der Waals surface area (Å²) in [5, 5.41) is 18.9. The first-order valence-corrected chi connectivity index (χ1v) is 1.30. The van der Waals surface area contributed by atoms with Gasteiger partial charge in [0.15, 0.2) is 0 Å². The van der Waals surface area contributed by atoms with E-state index in [1.165, 1.54) is 0 Å². The molecule has 0 aliphatic carbocycles. The minimum absolute atomic E-state index is 0.639. The zero-order valence-electron chi connectivity index (χ0n) is 3.24. The van der Waals surface area contributed by atoms with Crippen LogP contribution in [0.1, 0.15) is 0 Å². The van der Waals surface area contributed by atoms with Crippen molar-refractivity contribution in [3.63, 3.8) is 0 Å². The fourth-order valence-electron chi connectivity index (χ4n) is 0.0441. The first-order chi connectivity index (χ1) is 3.18. The molecule has 0 rings (SSSR count). The highest BCUT2D eigenvalue weighted by Gasteiger charge is 1.97. The Bertz CT molecular complexity index is 107. The average Bonchev–Trinajstić information content (AvgIpc) is 1.65. The predicted octanol–water partition coefficient (Wildman–Crippen LogP) is -0.583. The van der Waals surface area contributed by atoms with Crippen molar-refractivity contribution in [2.45, 2.75) is 0 Å². The van der Waals surface area contributed by atoms with Gasteiger partial charge in [-0.3, -0.25) is 0 Å². The van der Waals surface area contributed by atoms with E-state index in [-0.39, 0.29) is 0 Å². The molecule has 2 amide bonds. The molecule has 0 aromatic carbocycles. The molecule has 0 saturated carbocycles. The smallest absolute Gasteiger partial charge is 0.516 e. The molecular weight excluding hydrogens is 102 g/mol. The van der Waals surface area contributed by atoms with Crippen LogP contribution in [0.15, 0.2) is 5.28 Å². The van der Waals surface area contributed by atoms with Crippen LogP contribution < -0.4 is 5.73 Å². The van der Waals surface area contributed by atoms with Crippen molar-refractivity contribution in [3.05, 3.63) is 5.21 Å². The number of hydrogen-bond acceptors (Lipinski definition) is 3. The highest BCUT2D eigenvalue weighted by molar-refractivity contribution is 5.61. The summed E-state index contributed by atoms with van der Waals surface area (Å²) < 4.78 is 0. The molecule has 0 heterocycles. The van der Waals surface area contributed by atoms with E-state index in [1.807, 2.05) is 5.28 Å². The molecule has 40 valence electrons. The molecule has 0 fully saturated rings. The standard InChI is InChI=1S/CH3N3O3/c2-1(5)4(7)3-6/h6H,(H2,2,5). The molecule has 0 aromatic rings. The van der Waals surface area contributed by atoms with E-state index >= 15 is 0 Å². The molecule has 0 aromatic heterocycles. The van der Waals surface area contributed by atoms with Gasteiger partial charge in [0.25, 0.3) is 0 Å². The fourth-order valence-corrected chi connectivity index (χ4v) is 0.0441. The maximum atomic E-state index is 9.54. The van der Waals surface area contributed by atoms with Crippen molar-refractivity contribution in [2.24, 2.45) is 11.0 Å². The Hall–Kier alpha value is -1.33. The van der Waals surface area contributed by atoms with E-state index in [2.05, 4.69) is 5.73 Å². The van der Waals surface area contributed by atoms with Gasteiger partial charge in [0, 0.05) is 0 Å². The third-order valence-corrected chi connectivity index (χ3v) is 0.270. The van der Waals surface area contributed by atoms with Gasteiger partial charge in [0.1, 0.15) is 5.28 Å². The molecule has 0 aliphatic heterocycles. The summed E-state index contributed by atoms with van der Waals surface area (Å²) in [4.78, 5) is 8.87. The maximum absolute atomic E-state index is 9.54. The highest BCUT2D eigenvalue weighted by Crippen LogP contribution is 1.67. The Morgan fingerprint density at radius 2 is 2.43 bits per heavy atom. The lowest BCUT2D eigenvalue weighted by Crippen LogP contribution is -2.19. The van der Waals surface area contributed by atoms with Gasteiger partial charge in [-0.1, -0.05) is 4.86 Å². The number of rotatable bonds is 0. The molecule has 6 nitrogen and oxygen atoms in total. The third kappa shape index (κ3) is 1.53. The Balaban J connectivity index is 3.82. The summed E-state index contributed by atoms with van der Waals surface area (Å²) in [5.41, 5.74) is 4.27. The van der Waals surface area contributed by atoms with Crippen LogP contribution in [0.3, 0.4) is 0 Å². The summed E-state index contributed by atoms with van der Waals surface area (Å²) in [6.45, 7) is 0. The van der Waals surface area contributed by atoms with E-state index < -0.39 is 10.9 Å². The fraction of sp³-hybridized carbons (Fsp3) is 0. The second kappa shape index (κ2) is 1.96. The molecule has 0 bridgehead atoms. The lowest BCUT2D eigenvalue weighted by atomic mass is 11.2. The maximum Gasteiger partial charge on any atom is 0.516 e. The minimum atomic E-state index is -1.34. The van der Waals surface area contributed by atoms with E-state index in [1.54, 1.807) is 0 Å². The average molecular weight is 105 g/mol. The number of hydroxylamine groups is 1. The number of carbonyl (C=O) groups is 1. The normalized spacial score (nSPS) is 11.1. The van der Waals surface area contributed by atoms with E-state index in [0.717, 1.165) is 0 Å². The Morgan fingerprint density at radius 3 is 2.43 bits per heavy atom. The lowest BCUT2D eigenvalue weighted by Gasteiger charge is -1.90. The van der Waals surface area contributed by atoms with Crippen LogP contribution in [-0.4, -0.2) is 16.1 Å². The SMILES string of the molecule is NC(=O)[N+]([O-])=NO. The largest absolute Gasteiger partial charge is 0.686 e. The van der Waals surface area contributed by atoms with Crippen LogP contribution in [0.2, 0.25) is 0 Å². The number of urea groups is 1. The molecule has 0 spiro atoms. The molecule has 0 saturated heterocycles. The van der Waals surface area contributed by atoms with Gasteiger partial charge in [-0.2, -0.15) is 4.79 Å². The highest BCUT2D eigenvalue weighted by atomic mass is 16.6. The second-order valence-electron chi connectivity index (χ2n) is 0.701. The van der Waals surface area contributed by atoms with Gasteiger partial charge in [0.05, 0.1) is 0 Å². The quantitative estimate of drug-likeness (QED) is 0.244. The minimum Gasteiger partial charge on any atom is -0.686 e. The number of amides is 2. The van der Waals surface area contributed by atoms with Crippen LogP contribution in [0.5, 0.6) is 0 Å². The van der Waals surface area contributed by atoms with Crippen LogP contribution in [0.25, 0.3) is 0 Å². The molecule has 6 heteroatoms. The zero-order valence-corrected chi connectivity index (χ0v) is 3.24. The van der Waals surface area contributed by atoms with Gasteiger partial charge >= 0.3 is 6.03 Å².